The van der Waals surface area contributed by atoms with E-state index in [1.165, 1.54) is 14.2 Å². The Hall–Kier alpha value is -10.1. The molecule has 6 aromatic carbocycles. The maximum absolute atomic E-state index is 13.1. The highest BCUT2D eigenvalue weighted by Crippen LogP contribution is 2.32. The van der Waals surface area contributed by atoms with E-state index in [2.05, 4.69) is 20.4 Å². The molecule has 4 unspecified atom stereocenters. The Balaban J connectivity index is 0.000000242. The van der Waals surface area contributed by atoms with Gasteiger partial charge in [0.05, 0.1) is 89.6 Å². The van der Waals surface area contributed by atoms with Crippen molar-refractivity contribution in [3.63, 3.8) is 0 Å². The zero-order valence-corrected chi connectivity index (χ0v) is 71.9. The second-order valence-corrected chi connectivity index (χ2v) is 32.3. The van der Waals surface area contributed by atoms with Gasteiger partial charge in [0.15, 0.2) is 24.4 Å². The molecule has 0 saturated carbocycles. The molecule has 25 heteroatoms. The minimum Gasteiger partial charge on any atom is -0.854 e. The van der Waals surface area contributed by atoms with E-state index in [1.807, 2.05) is 131 Å². The molecule has 3 fully saturated rings. The van der Waals surface area contributed by atoms with Crippen LogP contribution in [0.4, 0.5) is 0 Å². The first kappa shape index (κ1) is 94.8. The van der Waals surface area contributed by atoms with Crippen molar-refractivity contribution >= 4 is 47.5 Å². The molecule has 9 rings (SSSR count). The van der Waals surface area contributed by atoms with E-state index in [-0.39, 0.29) is 79.7 Å². The van der Waals surface area contributed by atoms with Gasteiger partial charge in [0.25, 0.3) is 0 Å². The molecule has 634 valence electrons. The van der Waals surface area contributed by atoms with Crippen molar-refractivity contribution in [2.75, 3.05) is 115 Å². The Kier molecular flexibility index (Phi) is 37.1. The monoisotopic (exact) mass is 1600 g/mol. The lowest BCUT2D eigenvalue weighted by Gasteiger charge is -2.39. The number of piperidine rings is 3. The summed E-state index contributed by atoms with van der Waals surface area (Å²) in [6, 6.07) is 42.8. The fourth-order valence-electron chi connectivity index (χ4n) is 14.0. The first-order valence-corrected chi connectivity index (χ1v) is 40.8. The smallest absolute Gasteiger partial charge is 0.342 e. The summed E-state index contributed by atoms with van der Waals surface area (Å²) in [4.78, 5) is 50.1. The second kappa shape index (κ2) is 45.4. The van der Waals surface area contributed by atoms with Crippen molar-refractivity contribution in [1.82, 2.24) is 0 Å². The third kappa shape index (κ3) is 28.7. The number of ether oxygens (including phenoxy) is 9. The minimum atomic E-state index is -0.561. The lowest BCUT2D eigenvalue weighted by atomic mass is 9.97. The molecule has 25 nitrogen and oxygen atoms in total. The van der Waals surface area contributed by atoms with Gasteiger partial charge in [-0.05, 0) is 180 Å². The maximum atomic E-state index is 13.1. The lowest BCUT2D eigenvalue weighted by Crippen LogP contribution is -2.53. The van der Waals surface area contributed by atoms with Crippen LogP contribution in [0, 0.1) is 17.8 Å². The molecule has 116 heavy (non-hydrogen) atoms. The number of carbonyl (C=O) groups is 4. The van der Waals surface area contributed by atoms with Crippen LogP contribution in [0.3, 0.4) is 0 Å². The van der Waals surface area contributed by atoms with Crippen LogP contribution in [-0.2, 0) is 28.5 Å². The molecule has 4 atom stereocenters. The molecule has 3 aliphatic rings. The topological polar surface area (TPSA) is 293 Å². The van der Waals surface area contributed by atoms with Crippen LogP contribution in [0.2, 0.25) is 0 Å². The first-order valence-electron chi connectivity index (χ1n) is 40.8. The van der Waals surface area contributed by atoms with Gasteiger partial charge in [-0.25, -0.2) is 9.59 Å². The largest absolute Gasteiger partial charge is 0.854 e. The Bertz CT molecular complexity index is 4220. The molecule has 3 heterocycles. The number of benzene rings is 6. The third-order valence-corrected chi connectivity index (χ3v) is 20.7. The van der Waals surface area contributed by atoms with Crippen molar-refractivity contribution in [2.24, 2.45) is 31.2 Å². The maximum Gasteiger partial charge on any atom is 0.342 e. The Morgan fingerprint density at radius 1 is 0.362 bits per heavy atom. The van der Waals surface area contributed by atoms with E-state index in [0.29, 0.717) is 119 Å². The predicted octanol–water partition coefficient (Wildman–Crippen LogP) is 12.3. The van der Waals surface area contributed by atoms with Crippen molar-refractivity contribution in [3.05, 3.63) is 185 Å². The Morgan fingerprint density at radius 2 is 0.612 bits per heavy atom. The van der Waals surface area contributed by atoms with Gasteiger partial charge in [0.1, 0.15) is 99.8 Å². The summed E-state index contributed by atoms with van der Waals surface area (Å²) >= 11 is 0. The number of methoxy groups -OCH3 is 5. The number of rotatable bonds is 31. The highest BCUT2D eigenvalue weighted by molar-refractivity contribution is 5.95. The molecule has 3 saturated heterocycles. The van der Waals surface area contributed by atoms with Crippen LogP contribution >= 0.6 is 0 Å². The number of quaternary nitrogens is 4. The number of likely N-dealkylation sites (N-methyl/N-ethyl adjacent to an activating group) is 1. The normalized spacial score (nSPS) is 16.7. The van der Waals surface area contributed by atoms with Gasteiger partial charge in [0, 0.05) is 22.3 Å². The van der Waals surface area contributed by atoms with E-state index in [4.69, 9.17) is 42.6 Å². The molecule has 0 spiro atoms. The number of carbonyl (C=O) groups excluding carboxylic acids is 4. The van der Waals surface area contributed by atoms with Gasteiger partial charge in [0.2, 0.25) is 0 Å². The summed E-state index contributed by atoms with van der Waals surface area (Å²) in [5.74, 6) is 0.0453. The minimum absolute atomic E-state index is 0.0623. The molecule has 3 aliphatic heterocycles. The molecule has 0 bridgehead atoms. The lowest BCUT2D eigenvalue weighted by molar-refractivity contribution is -0.942. The van der Waals surface area contributed by atoms with Crippen LogP contribution in [0.15, 0.2) is 166 Å². The summed E-state index contributed by atoms with van der Waals surface area (Å²) in [7, 11) is 11.3. The van der Waals surface area contributed by atoms with Gasteiger partial charge in [-0.2, -0.15) is 18.4 Å². The van der Waals surface area contributed by atoms with Gasteiger partial charge in [-0.1, -0.05) is 151 Å². The van der Waals surface area contributed by atoms with Crippen molar-refractivity contribution in [1.29, 1.82) is 0 Å². The average molecular weight is 1610 g/mol. The number of aryl methyl sites for hydroxylation is 1. The van der Waals surface area contributed by atoms with E-state index in [9.17, 15) is 39.6 Å². The molecule has 0 aliphatic carbocycles. The van der Waals surface area contributed by atoms with Crippen LogP contribution in [0.5, 0.6) is 28.7 Å². The summed E-state index contributed by atoms with van der Waals surface area (Å²) in [6.07, 6.45) is 10.7. The summed E-state index contributed by atoms with van der Waals surface area (Å²) in [5, 5.41) is 69.9. The van der Waals surface area contributed by atoms with Crippen molar-refractivity contribution in [2.45, 2.75) is 184 Å². The van der Waals surface area contributed by atoms with Crippen LogP contribution in [0.1, 0.15) is 201 Å². The second-order valence-electron chi connectivity index (χ2n) is 32.3. The highest BCUT2D eigenvalue weighted by atomic mass is 16.6. The summed E-state index contributed by atoms with van der Waals surface area (Å²) in [5.41, 5.74) is 2.52. The van der Waals surface area contributed by atoms with Gasteiger partial charge >= 0.3 is 23.9 Å². The van der Waals surface area contributed by atoms with Crippen LogP contribution < -0.4 is 44.1 Å². The van der Waals surface area contributed by atoms with E-state index in [0.717, 1.165) is 103 Å². The summed E-state index contributed by atoms with van der Waals surface area (Å²) in [6.45, 7) is 27.3. The number of hydrogen-bond donors (Lipinski definition) is 0. The molecule has 0 N–H and O–H groups in total. The van der Waals surface area contributed by atoms with Crippen molar-refractivity contribution < 1.29 is 101 Å². The zero-order valence-electron chi connectivity index (χ0n) is 71.9. The average Bonchev–Trinajstić information content (AvgIpc) is 0.818. The zero-order chi connectivity index (χ0) is 85.3. The third-order valence-electron chi connectivity index (χ3n) is 20.7. The molecule has 0 amide bonds. The first-order chi connectivity index (χ1) is 55.2. The number of esters is 4. The van der Waals surface area contributed by atoms with E-state index >= 15 is 0 Å². The number of para-hydroxylation sites is 5. The number of nitrogens with zero attached hydrogens (tertiary/aromatic N) is 8. The summed E-state index contributed by atoms with van der Waals surface area (Å²) < 4.78 is 50.5. The number of hydrogen-bond acceptors (Lipinski definition) is 21. The molecular formula is C91H128N8O17. The predicted molar refractivity (Wildman–Crippen MR) is 444 cm³/mol. The number of likely N-dealkylation sites (tertiary alicyclic amines) is 3. The van der Waals surface area contributed by atoms with Gasteiger partial charge in [-0.3, -0.25) is 9.59 Å². The molecule has 0 radical (unpaired) electrons. The highest BCUT2D eigenvalue weighted by Gasteiger charge is 2.40. The van der Waals surface area contributed by atoms with Crippen LogP contribution in [-0.4, -0.2) is 205 Å². The SMILES string of the molecule is CCC(C[N+](C)(C)N=C([O-])c1ccccc1OC)OC(=O)C(C)(C)C.CCC(C[N+]1(N=C([O-])c2ccccc2OC)CCCCC1)OC(=O)C(C)(C)C.CCC(C[N+]1(N=C([O-])c2ccccc2OC)CCCCC1)OC(=O)c1ccccc1C.CCC(C[N+]1(N=C([O-])c2ccccc2OC)CCCCC1)OC(=O)c1ccccc1OC. The molecular weight excluding hydrogens is 1480 g/mol. The molecule has 0 aromatic heterocycles. The fourth-order valence-corrected chi connectivity index (χ4v) is 14.0. The molecule has 6 aromatic rings. The van der Waals surface area contributed by atoms with E-state index < -0.39 is 16.8 Å². The fraction of sp³-hybridized carbons (Fsp3) is 0.516. The quantitative estimate of drug-likeness (QED) is 0.00975. The standard InChI is InChI=1S/C25H32N2O5.C25H32N2O4.C22H34N2O4.C19H30N2O4/c1-4-19(32-25(29)21-13-7-9-15-23(21)31-3)18-27(16-10-5-11-17-27)26-24(28)20-12-6-8-14-22(20)30-2;1-4-20(31-25(29)21-13-7-6-12-19(21)2)18-27(16-10-5-11-17-27)26-24(28)22-14-8-9-15-23(22)30-3;1-6-17(28-21(26)22(2,3)4)16-24(14-10-7-11-15-24)23-20(25)18-12-8-9-13-19(18)27-5;1-8-14(25-18(23)19(2,3)4)13-21(5,6)20-17(22)15-11-9-10-12-16(15)24-7/h6-9,12-15,19H,4-5,10-11,16-18H2,1-3H3;6-9,12-15,20H,4-5,10-11,16-18H2,1-3H3;8-9,12-13,17H,6-7,10-11,14-16H2,1-5H3;9-12,14H,8,13H2,1-7H3. The van der Waals surface area contributed by atoms with E-state index in [1.54, 1.807) is 126 Å². The Morgan fingerprint density at radius 3 is 0.905 bits per heavy atom. The van der Waals surface area contributed by atoms with Crippen molar-refractivity contribution in [3.8, 4) is 28.7 Å². The van der Waals surface area contributed by atoms with Crippen LogP contribution in [0.25, 0.3) is 0 Å². The van der Waals surface area contributed by atoms with Gasteiger partial charge < -0.3 is 63.1 Å². The van der Waals surface area contributed by atoms with Gasteiger partial charge in [-0.15, -0.1) is 0 Å². The Labute approximate surface area is 688 Å².